The summed E-state index contributed by atoms with van der Waals surface area (Å²) in [5, 5.41) is 21.0. The van der Waals surface area contributed by atoms with Crippen LogP contribution in [0.25, 0.3) is 0 Å². The molecule has 170 valence electrons. The van der Waals surface area contributed by atoms with Crippen LogP contribution in [0.1, 0.15) is 86.5 Å². The quantitative estimate of drug-likeness (QED) is 0.605. The van der Waals surface area contributed by atoms with Crippen molar-refractivity contribution in [2.24, 2.45) is 0 Å². The number of hydrogen-bond acceptors (Lipinski definition) is 6. The normalized spacial score (nSPS) is 35.1. The molecule has 2 N–H and O–H groups in total. The highest BCUT2D eigenvalue weighted by Crippen LogP contribution is 2.44. The van der Waals surface area contributed by atoms with Gasteiger partial charge in [-0.1, -0.05) is 11.6 Å². The van der Waals surface area contributed by atoms with Crippen LogP contribution in [0.2, 0.25) is 0 Å². The van der Waals surface area contributed by atoms with E-state index in [0.29, 0.717) is 43.4 Å². The second-order valence-corrected chi connectivity index (χ2v) is 10.3. The molecule has 0 unspecified atom stereocenters. The van der Waals surface area contributed by atoms with Crippen LogP contribution in [0, 0.1) is 0 Å². The molecule has 0 aromatic heterocycles. The van der Waals surface area contributed by atoms with Crippen molar-refractivity contribution >= 4 is 5.78 Å². The smallest absolute Gasteiger partial charge is 0.190 e. The highest BCUT2D eigenvalue weighted by Gasteiger charge is 2.51. The molecule has 1 fully saturated rings. The van der Waals surface area contributed by atoms with E-state index in [1.165, 1.54) is 5.57 Å². The predicted molar refractivity (Wildman–Crippen MR) is 114 cm³/mol. The Morgan fingerprint density at radius 2 is 2.00 bits per heavy atom. The van der Waals surface area contributed by atoms with E-state index < -0.39 is 29.2 Å². The van der Waals surface area contributed by atoms with Crippen LogP contribution in [0.15, 0.2) is 23.0 Å². The Bertz CT molecular complexity index is 730. The van der Waals surface area contributed by atoms with Gasteiger partial charge in [-0.25, -0.2) is 0 Å². The van der Waals surface area contributed by atoms with Gasteiger partial charge in [0.2, 0.25) is 0 Å². The van der Waals surface area contributed by atoms with Crippen molar-refractivity contribution < 1.29 is 29.2 Å². The Balaban J connectivity index is 1.63. The van der Waals surface area contributed by atoms with Gasteiger partial charge in [0.1, 0.15) is 18.0 Å². The van der Waals surface area contributed by atoms with Gasteiger partial charge in [0.15, 0.2) is 11.6 Å². The molecule has 2 heterocycles. The Kier molecular flexibility index (Phi) is 6.55. The van der Waals surface area contributed by atoms with E-state index in [-0.39, 0.29) is 11.9 Å². The lowest BCUT2D eigenvalue weighted by atomic mass is 9.83. The summed E-state index contributed by atoms with van der Waals surface area (Å²) in [6.45, 7) is 11.9. The van der Waals surface area contributed by atoms with E-state index in [2.05, 4.69) is 26.8 Å². The molecule has 3 rings (SSSR count). The first-order valence-electron chi connectivity index (χ1n) is 11.2. The number of aliphatic hydroxyl groups is 2. The van der Waals surface area contributed by atoms with Gasteiger partial charge >= 0.3 is 0 Å². The number of carbonyl (C=O) groups is 1. The zero-order valence-corrected chi connectivity index (χ0v) is 19.3. The third-order valence-electron chi connectivity index (χ3n) is 6.64. The fourth-order valence-electron chi connectivity index (χ4n) is 4.90. The highest BCUT2D eigenvalue weighted by molar-refractivity contribution is 6.00. The molecular formula is C24H38O6. The van der Waals surface area contributed by atoms with Crippen molar-refractivity contribution in [3.05, 3.63) is 23.0 Å². The predicted octanol–water partition coefficient (Wildman–Crippen LogP) is 3.94. The van der Waals surface area contributed by atoms with Crippen LogP contribution in [-0.4, -0.2) is 51.3 Å². The van der Waals surface area contributed by atoms with E-state index in [0.717, 1.165) is 12.8 Å². The summed E-state index contributed by atoms with van der Waals surface area (Å²) >= 11 is 0. The number of aliphatic hydroxyl groups excluding tert-OH is 1. The molecule has 6 heteroatoms. The Morgan fingerprint density at radius 1 is 1.30 bits per heavy atom. The molecule has 2 aliphatic heterocycles. The Hall–Kier alpha value is -1.21. The molecule has 6 nitrogen and oxygen atoms in total. The number of ketones is 1. The largest absolute Gasteiger partial charge is 0.491 e. The topological polar surface area (TPSA) is 85.2 Å². The Labute approximate surface area is 180 Å². The zero-order valence-electron chi connectivity index (χ0n) is 19.3. The van der Waals surface area contributed by atoms with Gasteiger partial charge in [-0.15, -0.1) is 0 Å². The van der Waals surface area contributed by atoms with Crippen LogP contribution in [0.5, 0.6) is 0 Å². The molecule has 0 bridgehead atoms. The lowest BCUT2D eigenvalue weighted by Crippen LogP contribution is -2.43. The van der Waals surface area contributed by atoms with Crippen molar-refractivity contribution in [1.82, 2.24) is 0 Å². The third-order valence-corrected chi connectivity index (χ3v) is 6.64. The van der Waals surface area contributed by atoms with Crippen LogP contribution >= 0.6 is 0 Å². The molecule has 0 spiro atoms. The van der Waals surface area contributed by atoms with E-state index in [9.17, 15) is 15.0 Å². The van der Waals surface area contributed by atoms with Crippen molar-refractivity contribution in [3.63, 3.8) is 0 Å². The van der Waals surface area contributed by atoms with Crippen molar-refractivity contribution in [1.29, 1.82) is 0 Å². The lowest BCUT2D eigenvalue weighted by molar-refractivity contribution is -0.162. The highest BCUT2D eigenvalue weighted by atomic mass is 16.8. The number of Topliss-reactive ketones (excluding diaryl/α,β-unsaturated/α-hetero) is 1. The minimum Gasteiger partial charge on any atom is -0.491 e. The number of rotatable bonds is 7. The van der Waals surface area contributed by atoms with Gasteiger partial charge in [-0.3, -0.25) is 4.79 Å². The SMILES string of the molecule is CC(C)=CCC[C@]1(C)OC(C)(C)O[C@@H]1CC[C@](C)(O)[C@@H]1CC2=C(CC[C@@H](O)C2=O)O1. The van der Waals surface area contributed by atoms with Crippen molar-refractivity contribution in [2.45, 2.75) is 122 Å². The van der Waals surface area contributed by atoms with E-state index >= 15 is 0 Å². The maximum absolute atomic E-state index is 12.2. The zero-order chi connectivity index (χ0) is 22.3. The molecule has 30 heavy (non-hydrogen) atoms. The fraction of sp³-hybridized carbons (Fsp3) is 0.792. The summed E-state index contributed by atoms with van der Waals surface area (Å²) < 4.78 is 18.5. The molecule has 1 aliphatic carbocycles. The molecule has 5 atom stereocenters. The van der Waals surface area contributed by atoms with Crippen LogP contribution in [0.4, 0.5) is 0 Å². The summed E-state index contributed by atoms with van der Waals surface area (Å²) in [4.78, 5) is 12.2. The molecule has 0 amide bonds. The Morgan fingerprint density at radius 3 is 2.67 bits per heavy atom. The second kappa shape index (κ2) is 8.38. The summed E-state index contributed by atoms with van der Waals surface area (Å²) in [7, 11) is 0. The van der Waals surface area contributed by atoms with Crippen molar-refractivity contribution in [3.8, 4) is 0 Å². The molecule has 3 aliphatic rings. The maximum atomic E-state index is 12.2. The van der Waals surface area contributed by atoms with Gasteiger partial charge < -0.3 is 24.4 Å². The standard InChI is InChI=1S/C24H38O6/c1-15(2)8-7-12-24(6)19(29-22(3,4)30-24)11-13-23(5,27)20-14-16-18(28-20)10-9-17(25)21(16)26/h8,17,19-20,25,27H,7,9-14H2,1-6H3/t17-,19-,20+,23+,24+/m1/s1. The average Bonchev–Trinajstić information content (AvgIpc) is 3.16. The second-order valence-electron chi connectivity index (χ2n) is 10.3. The lowest BCUT2D eigenvalue weighted by Gasteiger charge is -2.33. The number of hydrogen-bond donors (Lipinski definition) is 2. The minimum absolute atomic E-state index is 0.142. The summed E-state index contributed by atoms with van der Waals surface area (Å²) in [5.41, 5.74) is 0.289. The number of ether oxygens (including phenoxy) is 3. The fourth-order valence-corrected chi connectivity index (χ4v) is 4.90. The molecule has 0 aromatic carbocycles. The summed E-state index contributed by atoms with van der Waals surface area (Å²) in [6.07, 6.45) is 4.79. The average molecular weight is 423 g/mol. The summed E-state index contributed by atoms with van der Waals surface area (Å²) in [6, 6.07) is 0. The minimum atomic E-state index is -1.11. The van der Waals surface area contributed by atoms with Gasteiger partial charge in [-0.05, 0) is 73.6 Å². The van der Waals surface area contributed by atoms with Crippen LogP contribution in [0.3, 0.4) is 0 Å². The summed E-state index contributed by atoms with van der Waals surface area (Å²) in [5.74, 6) is -0.275. The van der Waals surface area contributed by atoms with E-state index in [1.54, 1.807) is 6.92 Å². The van der Waals surface area contributed by atoms with Gasteiger partial charge in [0.25, 0.3) is 0 Å². The van der Waals surface area contributed by atoms with E-state index in [1.807, 2.05) is 13.8 Å². The van der Waals surface area contributed by atoms with E-state index in [4.69, 9.17) is 14.2 Å². The van der Waals surface area contributed by atoms with Crippen molar-refractivity contribution in [2.75, 3.05) is 0 Å². The number of allylic oxidation sites excluding steroid dienone is 3. The van der Waals surface area contributed by atoms with Gasteiger partial charge in [-0.2, -0.15) is 0 Å². The van der Waals surface area contributed by atoms with Crippen LogP contribution in [-0.2, 0) is 19.0 Å². The first-order valence-corrected chi connectivity index (χ1v) is 11.2. The van der Waals surface area contributed by atoms with Gasteiger partial charge in [0, 0.05) is 18.4 Å². The first-order chi connectivity index (χ1) is 13.8. The molecule has 0 saturated carbocycles. The molecular weight excluding hydrogens is 384 g/mol. The van der Waals surface area contributed by atoms with Gasteiger partial charge in [0.05, 0.1) is 17.3 Å². The van der Waals surface area contributed by atoms with Crippen LogP contribution < -0.4 is 0 Å². The third kappa shape index (κ3) is 4.98. The molecule has 1 saturated heterocycles. The molecule has 0 aromatic rings. The number of carbonyl (C=O) groups excluding carboxylic acids is 1. The molecule has 0 radical (unpaired) electrons. The maximum Gasteiger partial charge on any atom is 0.190 e. The first kappa shape index (κ1) is 23.5. The monoisotopic (exact) mass is 422 g/mol.